The molecule has 2 aromatic carbocycles. The summed E-state index contributed by atoms with van der Waals surface area (Å²) in [4.78, 5) is 15.5. The van der Waals surface area contributed by atoms with Gasteiger partial charge in [0.2, 0.25) is 0 Å². The molecule has 130 valence electrons. The van der Waals surface area contributed by atoms with Crippen molar-refractivity contribution < 1.29 is 4.79 Å². The third kappa shape index (κ3) is 4.01. The highest BCUT2D eigenvalue weighted by Crippen LogP contribution is 2.17. The molecule has 4 heteroatoms. The van der Waals surface area contributed by atoms with Crippen molar-refractivity contribution in [2.24, 2.45) is 0 Å². The molecule has 0 saturated carbocycles. The number of carbonyl (C=O) groups excluding carboxylic acids is 1. The number of benzene rings is 2. The average Bonchev–Trinajstić information content (AvgIpc) is 3.09. The molecule has 1 aromatic heterocycles. The SMILES string of the molecule is CCc1ccc(C=C(C#N)C(=O)NCCc2c[nH]c3ccccc23)cc1. The molecule has 0 atom stereocenters. The number of nitrogens with one attached hydrogen (secondary N) is 2. The number of fused-ring (bicyclic) bond motifs is 1. The zero-order chi connectivity index (χ0) is 18.4. The summed E-state index contributed by atoms with van der Waals surface area (Å²) in [6.07, 6.45) is 5.26. The normalized spacial score (nSPS) is 11.3. The Labute approximate surface area is 153 Å². The van der Waals surface area contributed by atoms with Gasteiger partial charge in [0.25, 0.3) is 5.91 Å². The van der Waals surface area contributed by atoms with Crippen LogP contribution in [0.2, 0.25) is 0 Å². The van der Waals surface area contributed by atoms with Crippen LogP contribution >= 0.6 is 0 Å². The summed E-state index contributed by atoms with van der Waals surface area (Å²) in [5.41, 5.74) is 4.43. The number of para-hydroxylation sites is 1. The smallest absolute Gasteiger partial charge is 0.261 e. The van der Waals surface area contributed by atoms with Crippen LogP contribution in [0.15, 0.2) is 60.3 Å². The lowest BCUT2D eigenvalue weighted by Crippen LogP contribution is -2.26. The third-order valence-corrected chi connectivity index (χ3v) is 4.42. The lowest BCUT2D eigenvalue weighted by Gasteiger charge is -2.04. The van der Waals surface area contributed by atoms with Crippen molar-refractivity contribution in [3.8, 4) is 6.07 Å². The van der Waals surface area contributed by atoms with E-state index in [4.69, 9.17) is 0 Å². The fourth-order valence-corrected chi connectivity index (χ4v) is 2.91. The second kappa shape index (κ2) is 8.17. The van der Waals surface area contributed by atoms with Crippen LogP contribution in [0.25, 0.3) is 17.0 Å². The first-order valence-electron chi connectivity index (χ1n) is 8.75. The van der Waals surface area contributed by atoms with Crippen LogP contribution < -0.4 is 5.32 Å². The number of nitriles is 1. The van der Waals surface area contributed by atoms with E-state index in [9.17, 15) is 10.1 Å². The van der Waals surface area contributed by atoms with Crippen molar-refractivity contribution in [2.45, 2.75) is 19.8 Å². The molecule has 0 aliphatic rings. The average molecular weight is 343 g/mol. The summed E-state index contributed by atoms with van der Waals surface area (Å²) in [6, 6.07) is 17.9. The Morgan fingerprint density at radius 3 is 2.69 bits per heavy atom. The maximum atomic E-state index is 12.3. The lowest BCUT2D eigenvalue weighted by molar-refractivity contribution is -0.117. The Kier molecular flexibility index (Phi) is 5.50. The highest BCUT2D eigenvalue weighted by molar-refractivity contribution is 6.01. The number of carbonyl (C=O) groups is 1. The fourth-order valence-electron chi connectivity index (χ4n) is 2.91. The molecule has 4 nitrogen and oxygen atoms in total. The number of hydrogen-bond acceptors (Lipinski definition) is 2. The standard InChI is InChI=1S/C22H21N3O/c1-2-16-7-9-17(10-8-16)13-19(14-23)22(26)24-12-11-18-15-25-21-6-4-3-5-20(18)21/h3-10,13,15,25H,2,11-12H2,1H3,(H,24,26). The van der Waals surface area contributed by atoms with Gasteiger partial charge >= 0.3 is 0 Å². The topological polar surface area (TPSA) is 68.7 Å². The summed E-state index contributed by atoms with van der Waals surface area (Å²) in [5.74, 6) is -0.341. The molecule has 0 aliphatic heterocycles. The minimum Gasteiger partial charge on any atom is -0.361 e. The summed E-state index contributed by atoms with van der Waals surface area (Å²) in [6.45, 7) is 2.57. The van der Waals surface area contributed by atoms with Gasteiger partial charge in [0, 0.05) is 23.6 Å². The second-order valence-electron chi connectivity index (χ2n) is 6.13. The van der Waals surface area contributed by atoms with Gasteiger partial charge in [-0.3, -0.25) is 4.79 Å². The second-order valence-corrected chi connectivity index (χ2v) is 6.13. The highest BCUT2D eigenvalue weighted by atomic mass is 16.1. The van der Waals surface area contributed by atoms with Gasteiger partial charge in [0.1, 0.15) is 11.6 Å². The molecule has 0 radical (unpaired) electrons. The molecule has 26 heavy (non-hydrogen) atoms. The van der Waals surface area contributed by atoms with Gasteiger partial charge in [0.05, 0.1) is 0 Å². The van der Waals surface area contributed by atoms with E-state index in [0.717, 1.165) is 28.5 Å². The van der Waals surface area contributed by atoms with Crippen LogP contribution in [0.3, 0.4) is 0 Å². The van der Waals surface area contributed by atoms with E-state index in [2.05, 4.69) is 23.3 Å². The van der Waals surface area contributed by atoms with E-state index in [0.29, 0.717) is 13.0 Å². The number of rotatable bonds is 6. The third-order valence-electron chi connectivity index (χ3n) is 4.42. The quantitative estimate of drug-likeness (QED) is 0.525. The van der Waals surface area contributed by atoms with Crippen molar-refractivity contribution in [2.75, 3.05) is 6.54 Å². The molecule has 0 bridgehead atoms. The van der Waals surface area contributed by atoms with Crippen LogP contribution in [0.4, 0.5) is 0 Å². The molecular weight excluding hydrogens is 322 g/mol. The van der Waals surface area contributed by atoms with Gasteiger partial charge in [-0.25, -0.2) is 0 Å². The molecule has 1 heterocycles. The molecule has 3 aromatic rings. The fraction of sp³-hybridized carbons (Fsp3) is 0.182. The van der Waals surface area contributed by atoms with Crippen molar-refractivity contribution in [3.63, 3.8) is 0 Å². The van der Waals surface area contributed by atoms with E-state index in [1.807, 2.05) is 54.7 Å². The van der Waals surface area contributed by atoms with Crippen LogP contribution in [-0.4, -0.2) is 17.4 Å². The van der Waals surface area contributed by atoms with Gasteiger partial charge < -0.3 is 10.3 Å². The Hall–Kier alpha value is -3.32. The lowest BCUT2D eigenvalue weighted by atomic mass is 10.1. The van der Waals surface area contributed by atoms with Crippen LogP contribution in [0.1, 0.15) is 23.6 Å². The van der Waals surface area contributed by atoms with Crippen molar-refractivity contribution in [1.29, 1.82) is 5.26 Å². The maximum absolute atomic E-state index is 12.3. The number of hydrogen-bond donors (Lipinski definition) is 2. The van der Waals surface area contributed by atoms with E-state index < -0.39 is 0 Å². The summed E-state index contributed by atoms with van der Waals surface area (Å²) in [5, 5.41) is 13.3. The first kappa shape index (κ1) is 17.5. The molecular formula is C22H21N3O. The largest absolute Gasteiger partial charge is 0.361 e. The Morgan fingerprint density at radius 2 is 1.96 bits per heavy atom. The molecule has 0 saturated heterocycles. The van der Waals surface area contributed by atoms with Gasteiger partial charge in [-0.15, -0.1) is 0 Å². The number of aromatic nitrogens is 1. The highest BCUT2D eigenvalue weighted by Gasteiger charge is 2.09. The predicted molar refractivity (Wildman–Crippen MR) is 104 cm³/mol. The first-order chi connectivity index (χ1) is 12.7. The van der Waals surface area contributed by atoms with Crippen LogP contribution in [0, 0.1) is 11.3 Å². The number of H-pyrrole nitrogens is 1. The Bertz CT molecular complexity index is 975. The first-order valence-corrected chi connectivity index (χ1v) is 8.75. The van der Waals surface area contributed by atoms with E-state index in [1.54, 1.807) is 6.08 Å². The molecule has 2 N–H and O–H groups in total. The van der Waals surface area contributed by atoms with Crippen molar-refractivity contribution >= 4 is 22.9 Å². The minimum atomic E-state index is -0.341. The zero-order valence-electron chi connectivity index (χ0n) is 14.8. The Morgan fingerprint density at radius 1 is 1.19 bits per heavy atom. The van der Waals surface area contributed by atoms with Crippen molar-refractivity contribution in [1.82, 2.24) is 10.3 Å². The Balaban J connectivity index is 1.62. The van der Waals surface area contributed by atoms with Crippen LogP contribution in [0.5, 0.6) is 0 Å². The molecule has 0 unspecified atom stereocenters. The maximum Gasteiger partial charge on any atom is 0.261 e. The van der Waals surface area contributed by atoms with E-state index in [1.165, 1.54) is 5.56 Å². The summed E-state index contributed by atoms with van der Waals surface area (Å²) < 4.78 is 0. The number of aromatic amines is 1. The molecule has 0 aliphatic carbocycles. The monoisotopic (exact) mass is 343 g/mol. The van der Waals surface area contributed by atoms with Gasteiger partial charge in [-0.2, -0.15) is 5.26 Å². The van der Waals surface area contributed by atoms with Gasteiger partial charge in [-0.05, 0) is 41.7 Å². The number of amides is 1. The molecule has 1 amide bonds. The molecule has 3 rings (SSSR count). The van der Waals surface area contributed by atoms with E-state index in [-0.39, 0.29) is 11.5 Å². The molecule has 0 fully saturated rings. The van der Waals surface area contributed by atoms with Gasteiger partial charge in [0.15, 0.2) is 0 Å². The van der Waals surface area contributed by atoms with Crippen LogP contribution in [-0.2, 0) is 17.6 Å². The zero-order valence-corrected chi connectivity index (χ0v) is 14.8. The summed E-state index contributed by atoms with van der Waals surface area (Å²) in [7, 11) is 0. The van der Waals surface area contributed by atoms with Gasteiger partial charge in [-0.1, -0.05) is 49.4 Å². The summed E-state index contributed by atoms with van der Waals surface area (Å²) >= 11 is 0. The minimum absolute atomic E-state index is 0.119. The number of nitrogens with zero attached hydrogens (tertiary/aromatic N) is 1. The van der Waals surface area contributed by atoms with Crippen molar-refractivity contribution in [3.05, 3.63) is 77.0 Å². The van der Waals surface area contributed by atoms with E-state index >= 15 is 0 Å². The predicted octanol–water partition coefficient (Wildman–Crippen LogP) is 4.00. The molecule has 0 spiro atoms. The number of aryl methyl sites for hydroxylation is 1.